The van der Waals surface area contributed by atoms with Gasteiger partial charge in [0, 0.05) is 36.6 Å². The van der Waals surface area contributed by atoms with Crippen molar-refractivity contribution in [2.45, 2.75) is 65.1 Å². The lowest BCUT2D eigenvalue weighted by Crippen LogP contribution is -2.38. The SMILES string of the molecule is CC1CCCCN1c1ccnc(CNC(C)(C)C)c1. The lowest BCUT2D eigenvalue weighted by molar-refractivity contribution is 0.421. The molecule has 1 aliphatic heterocycles. The maximum atomic E-state index is 4.47. The number of nitrogens with zero attached hydrogens (tertiary/aromatic N) is 2. The first kappa shape index (κ1) is 14.3. The predicted octanol–water partition coefficient (Wildman–Crippen LogP) is 3.35. The molecule has 0 radical (unpaired) electrons. The first-order valence-electron chi connectivity index (χ1n) is 7.42. The third kappa shape index (κ3) is 4.20. The van der Waals surface area contributed by atoms with Crippen LogP contribution < -0.4 is 10.2 Å². The molecule has 0 aromatic carbocycles. The van der Waals surface area contributed by atoms with E-state index in [-0.39, 0.29) is 5.54 Å². The van der Waals surface area contributed by atoms with Gasteiger partial charge in [-0.3, -0.25) is 4.98 Å². The molecule has 2 heterocycles. The summed E-state index contributed by atoms with van der Waals surface area (Å²) in [5, 5.41) is 3.50. The monoisotopic (exact) mass is 261 g/mol. The Kier molecular flexibility index (Phi) is 4.46. The Labute approximate surface area is 117 Å². The quantitative estimate of drug-likeness (QED) is 0.904. The third-order valence-corrected chi connectivity index (χ3v) is 3.73. The van der Waals surface area contributed by atoms with E-state index in [2.05, 4.69) is 55.0 Å². The molecule has 3 nitrogen and oxygen atoms in total. The second-order valence-corrected chi connectivity index (χ2v) is 6.65. The Morgan fingerprint density at radius 2 is 2.16 bits per heavy atom. The van der Waals surface area contributed by atoms with Crippen molar-refractivity contribution in [2.75, 3.05) is 11.4 Å². The van der Waals surface area contributed by atoms with Gasteiger partial charge in [-0.1, -0.05) is 0 Å². The highest BCUT2D eigenvalue weighted by molar-refractivity contribution is 5.47. The minimum absolute atomic E-state index is 0.135. The zero-order valence-electron chi connectivity index (χ0n) is 12.7. The fourth-order valence-electron chi connectivity index (χ4n) is 2.58. The van der Waals surface area contributed by atoms with Crippen molar-refractivity contribution >= 4 is 5.69 Å². The van der Waals surface area contributed by atoms with Gasteiger partial charge in [0.05, 0.1) is 5.69 Å². The summed E-state index contributed by atoms with van der Waals surface area (Å²) in [7, 11) is 0. The van der Waals surface area contributed by atoms with Crippen LogP contribution >= 0.6 is 0 Å². The maximum absolute atomic E-state index is 4.47. The van der Waals surface area contributed by atoms with Crippen LogP contribution in [-0.4, -0.2) is 23.1 Å². The summed E-state index contributed by atoms with van der Waals surface area (Å²) >= 11 is 0. The fraction of sp³-hybridized carbons (Fsp3) is 0.688. The van der Waals surface area contributed by atoms with Crippen LogP contribution in [0, 0.1) is 0 Å². The number of rotatable bonds is 3. The summed E-state index contributed by atoms with van der Waals surface area (Å²) in [6.07, 6.45) is 5.91. The molecule has 3 heteroatoms. The van der Waals surface area contributed by atoms with Crippen molar-refractivity contribution in [2.24, 2.45) is 0 Å². The summed E-state index contributed by atoms with van der Waals surface area (Å²) in [6, 6.07) is 5.03. The van der Waals surface area contributed by atoms with E-state index in [1.165, 1.54) is 31.5 Å². The second kappa shape index (κ2) is 5.91. The van der Waals surface area contributed by atoms with E-state index < -0.39 is 0 Å². The van der Waals surface area contributed by atoms with E-state index in [1.54, 1.807) is 0 Å². The molecule has 0 saturated carbocycles. The summed E-state index contributed by atoms with van der Waals surface area (Å²) in [5.74, 6) is 0. The summed E-state index contributed by atoms with van der Waals surface area (Å²) in [4.78, 5) is 6.99. The van der Waals surface area contributed by atoms with Gasteiger partial charge in [-0.2, -0.15) is 0 Å². The number of nitrogens with one attached hydrogen (secondary N) is 1. The molecule has 1 saturated heterocycles. The van der Waals surface area contributed by atoms with E-state index in [1.807, 2.05) is 6.20 Å². The number of piperidine rings is 1. The molecule has 19 heavy (non-hydrogen) atoms. The Morgan fingerprint density at radius 1 is 1.37 bits per heavy atom. The minimum atomic E-state index is 0.135. The smallest absolute Gasteiger partial charge is 0.0562 e. The van der Waals surface area contributed by atoms with Gasteiger partial charge in [0.1, 0.15) is 0 Å². The number of anilines is 1. The normalized spacial score (nSPS) is 20.6. The molecular formula is C16H27N3. The van der Waals surface area contributed by atoms with Crippen molar-refractivity contribution in [3.05, 3.63) is 24.0 Å². The molecule has 1 N–H and O–H groups in total. The molecule has 0 amide bonds. The molecule has 106 valence electrons. The van der Waals surface area contributed by atoms with Crippen LogP contribution in [0.25, 0.3) is 0 Å². The minimum Gasteiger partial charge on any atom is -0.369 e. The van der Waals surface area contributed by atoms with Gasteiger partial charge in [0.15, 0.2) is 0 Å². The van der Waals surface area contributed by atoms with E-state index in [0.29, 0.717) is 6.04 Å². The van der Waals surface area contributed by atoms with Crippen molar-refractivity contribution < 1.29 is 0 Å². The van der Waals surface area contributed by atoms with Crippen LogP contribution in [0.5, 0.6) is 0 Å². The predicted molar refractivity (Wildman–Crippen MR) is 81.5 cm³/mol. The molecule has 1 fully saturated rings. The summed E-state index contributed by atoms with van der Waals surface area (Å²) in [5.41, 5.74) is 2.59. The lowest BCUT2D eigenvalue weighted by atomic mass is 10.0. The van der Waals surface area contributed by atoms with Gasteiger partial charge < -0.3 is 10.2 Å². The number of hydrogen-bond acceptors (Lipinski definition) is 3. The number of pyridine rings is 1. The molecule has 1 unspecified atom stereocenters. The van der Waals surface area contributed by atoms with Gasteiger partial charge in [0.25, 0.3) is 0 Å². The van der Waals surface area contributed by atoms with Crippen molar-refractivity contribution in [3.8, 4) is 0 Å². The largest absolute Gasteiger partial charge is 0.369 e. The average Bonchev–Trinajstić information content (AvgIpc) is 2.36. The number of aromatic nitrogens is 1. The Morgan fingerprint density at radius 3 is 2.84 bits per heavy atom. The van der Waals surface area contributed by atoms with Gasteiger partial charge in [-0.15, -0.1) is 0 Å². The summed E-state index contributed by atoms with van der Waals surface area (Å²) < 4.78 is 0. The molecule has 1 aromatic rings. The van der Waals surface area contributed by atoms with E-state index in [4.69, 9.17) is 0 Å². The van der Waals surface area contributed by atoms with Crippen LogP contribution in [0.15, 0.2) is 18.3 Å². The highest BCUT2D eigenvalue weighted by Crippen LogP contribution is 2.24. The standard InChI is InChI=1S/C16H27N3/c1-13-7-5-6-10-19(13)15-8-9-17-14(11-15)12-18-16(2,3)4/h8-9,11,13,18H,5-7,10,12H2,1-4H3. The van der Waals surface area contributed by atoms with Crippen molar-refractivity contribution in [3.63, 3.8) is 0 Å². The van der Waals surface area contributed by atoms with Gasteiger partial charge in [0.2, 0.25) is 0 Å². The van der Waals surface area contributed by atoms with Crippen LogP contribution in [0.1, 0.15) is 52.7 Å². The van der Waals surface area contributed by atoms with E-state index >= 15 is 0 Å². The van der Waals surface area contributed by atoms with Crippen LogP contribution in [0.2, 0.25) is 0 Å². The van der Waals surface area contributed by atoms with Crippen LogP contribution in [-0.2, 0) is 6.54 Å². The zero-order valence-corrected chi connectivity index (χ0v) is 12.7. The molecule has 2 rings (SSSR count). The highest BCUT2D eigenvalue weighted by atomic mass is 15.2. The van der Waals surface area contributed by atoms with Crippen LogP contribution in [0.3, 0.4) is 0 Å². The molecule has 0 aliphatic carbocycles. The molecule has 0 bridgehead atoms. The Balaban J connectivity index is 2.06. The maximum Gasteiger partial charge on any atom is 0.0562 e. The molecule has 1 aromatic heterocycles. The average molecular weight is 261 g/mol. The van der Waals surface area contributed by atoms with Crippen molar-refractivity contribution in [1.29, 1.82) is 0 Å². The van der Waals surface area contributed by atoms with Crippen molar-refractivity contribution in [1.82, 2.24) is 10.3 Å². The van der Waals surface area contributed by atoms with E-state index in [9.17, 15) is 0 Å². The molecular weight excluding hydrogens is 234 g/mol. The second-order valence-electron chi connectivity index (χ2n) is 6.65. The summed E-state index contributed by atoms with van der Waals surface area (Å²) in [6.45, 7) is 10.9. The van der Waals surface area contributed by atoms with Gasteiger partial charge >= 0.3 is 0 Å². The zero-order chi connectivity index (χ0) is 13.9. The first-order chi connectivity index (χ1) is 8.96. The highest BCUT2D eigenvalue weighted by Gasteiger charge is 2.19. The topological polar surface area (TPSA) is 28.2 Å². The molecule has 1 aliphatic rings. The van der Waals surface area contributed by atoms with Gasteiger partial charge in [-0.25, -0.2) is 0 Å². The Hall–Kier alpha value is -1.09. The Bertz CT molecular complexity index is 409. The van der Waals surface area contributed by atoms with E-state index in [0.717, 1.165) is 12.2 Å². The van der Waals surface area contributed by atoms with Crippen LogP contribution in [0.4, 0.5) is 5.69 Å². The molecule has 0 spiro atoms. The number of hydrogen-bond donors (Lipinski definition) is 1. The molecule has 1 atom stereocenters. The lowest BCUT2D eigenvalue weighted by Gasteiger charge is -2.35. The third-order valence-electron chi connectivity index (χ3n) is 3.73. The first-order valence-corrected chi connectivity index (χ1v) is 7.42. The fourth-order valence-corrected chi connectivity index (χ4v) is 2.58. The van der Waals surface area contributed by atoms with Gasteiger partial charge in [-0.05, 0) is 59.1 Å².